The van der Waals surface area contributed by atoms with Crippen LogP contribution in [0.25, 0.3) is 11.4 Å². The molecule has 0 amide bonds. The maximum Gasteiger partial charge on any atom is 0.337 e. The molecule has 1 aliphatic carbocycles. The highest BCUT2D eigenvalue weighted by atomic mass is 32.2. The van der Waals surface area contributed by atoms with Crippen LogP contribution in [0.4, 0.5) is 0 Å². The van der Waals surface area contributed by atoms with Gasteiger partial charge in [0, 0.05) is 29.8 Å². The zero-order valence-corrected chi connectivity index (χ0v) is 18.1. The Morgan fingerprint density at radius 2 is 1.97 bits per heavy atom. The van der Waals surface area contributed by atoms with Crippen LogP contribution in [0.15, 0.2) is 53.9 Å². The third-order valence-electron chi connectivity index (χ3n) is 5.73. The average molecular weight is 423 g/mol. The molecule has 0 bridgehead atoms. The van der Waals surface area contributed by atoms with Gasteiger partial charge in [-0.05, 0) is 48.6 Å². The lowest BCUT2D eigenvalue weighted by Gasteiger charge is -2.31. The number of hydrogen-bond acceptors (Lipinski definition) is 6. The molecule has 156 valence electrons. The summed E-state index contributed by atoms with van der Waals surface area (Å²) < 4.78 is 7.10. The number of ether oxygens (including phenoxy) is 1. The molecule has 0 N–H and O–H groups in total. The van der Waals surface area contributed by atoms with Gasteiger partial charge in [-0.2, -0.15) is 0 Å². The minimum absolute atomic E-state index is 0.318. The summed E-state index contributed by atoms with van der Waals surface area (Å²) in [6.07, 6.45) is 8.53. The van der Waals surface area contributed by atoms with Gasteiger partial charge in [0.1, 0.15) is 0 Å². The maximum absolute atomic E-state index is 11.6. The van der Waals surface area contributed by atoms with E-state index in [4.69, 9.17) is 4.74 Å². The Bertz CT molecular complexity index is 988. The molecule has 2 aromatic heterocycles. The van der Waals surface area contributed by atoms with E-state index in [9.17, 15) is 4.79 Å². The zero-order chi connectivity index (χ0) is 20.9. The third kappa shape index (κ3) is 4.41. The number of thioether (sulfide) groups is 1. The smallest absolute Gasteiger partial charge is 0.337 e. The Morgan fingerprint density at radius 3 is 2.67 bits per heavy atom. The summed E-state index contributed by atoms with van der Waals surface area (Å²) in [6, 6.07) is 11.9. The van der Waals surface area contributed by atoms with Gasteiger partial charge in [-0.3, -0.25) is 9.55 Å². The molecular weight excluding hydrogens is 396 g/mol. The molecule has 0 saturated heterocycles. The summed E-state index contributed by atoms with van der Waals surface area (Å²) in [7, 11) is 1.39. The van der Waals surface area contributed by atoms with Crippen molar-refractivity contribution in [2.24, 2.45) is 5.92 Å². The van der Waals surface area contributed by atoms with E-state index < -0.39 is 0 Å². The molecule has 0 aliphatic heterocycles. The molecule has 0 spiro atoms. The molecule has 2 unspecified atom stereocenters. The van der Waals surface area contributed by atoms with Crippen LogP contribution >= 0.6 is 11.8 Å². The van der Waals surface area contributed by atoms with Gasteiger partial charge in [0.25, 0.3) is 0 Å². The summed E-state index contributed by atoms with van der Waals surface area (Å²) in [5.41, 5.74) is 2.68. The zero-order valence-electron chi connectivity index (χ0n) is 17.3. The minimum atomic E-state index is -0.318. The molecule has 1 aromatic carbocycles. The minimum Gasteiger partial charge on any atom is -0.465 e. The molecule has 7 heteroatoms. The molecule has 1 aliphatic rings. The van der Waals surface area contributed by atoms with Crippen molar-refractivity contribution in [3.63, 3.8) is 0 Å². The largest absolute Gasteiger partial charge is 0.465 e. The lowest BCUT2D eigenvalue weighted by Crippen LogP contribution is -2.22. The lowest BCUT2D eigenvalue weighted by molar-refractivity contribution is 0.0600. The highest BCUT2D eigenvalue weighted by Crippen LogP contribution is 2.39. The second kappa shape index (κ2) is 9.43. The molecule has 6 nitrogen and oxygen atoms in total. The fourth-order valence-electron chi connectivity index (χ4n) is 4.05. The number of hydrogen-bond donors (Lipinski definition) is 0. The number of pyridine rings is 1. The van der Waals surface area contributed by atoms with Crippen LogP contribution in [0.3, 0.4) is 0 Å². The van der Waals surface area contributed by atoms with E-state index in [2.05, 4.69) is 26.7 Å². The van der Waals surface area contributed by atoms with E-state index in [0.29, 0.717) is 17.5 Å². The maximum atomic E-state index is 11.6. The van der Waals surface area contributed by atoms with Gasteiger partial charge in [-0.25, -0.2) is 4.79 Å². The molecule has 30 heavy (non-hydrogen) atoms. The lowest BCUT2D eigenvalue weighted by atomic mass is 9.85. The fraction of sp³-hybridized carbons (Fsp3) is 0.391. The first kappa shape index (κ1) is 20.6. The Morgan fingerprint density at radius 1 is 1.17 bits per heavy atom. The molecular formula is C23H26N4O2S. The predicted molar refractivity (Wildman–Crippen MR) is 117 cm³/mol. The van der Waals surface area contributed by atoms with Crippen LogP contribution in [-0.4, -0.2) is 32.8 Å². The van der Waals surface area contributed by atoms with Crippen LogP contribution < -0.4 is 0 Å². The number of carbonyl (C=O) groups is 1. The quantitative estimate of drug-likeness (QED) is 0.403. The third-order valence-corrected chi connectivity index (χ3v) is 6.74. The highest BCUT2D eigenvalue weighted by Gasteiger charge is 2.28. The number of carbonyl (C=O) groups excluding carboxylic acids is 1. The van der Waals surface area contributed by atoms with Crippen molar-refractivity contribution < 1.29 is 9.53 Å². The number of benzene rings is 1. The second-order valence-corrected chi connectivity index (χ2v) is 8.67. The molecule has 1 fully saturated rings. The number of aromatic nitrogens is 4. The van der Waals surface area contributed by atoms with Gasteiger partial charge < -0.3 is 4.74 Å². The van der Waals surface area contributed by atoms with Crippen molar-refractivity contribution in [2.75, 3.05) is 7.11 Å². The topological polar surface area (TPSA) is 69.9 Å². The summed E-state index contributed by atoms with van der Waals surface area (Å²) in [6.45, 7) is 2.33. The summed E-state index contributed by atoms with van der Waals surface area (Å²) in [5.74, 6) is 1.92. The number of esters is 1. The Labute approximate surface area is 181 Å². The van der Waals surface area contributed by atoms with E-state index in [1.165, 1.54) is 26.4 Å². The summed E-state index contributed by atoms with van der Waals surface area (Å²) in [4.78, 5) is 15.9. The van der Waals surface area contributed by atoms with Crippen molar-refractivity contribution in [1.82, 2.24) is 19.7 Å². The normalized spacial score (nSPS) is 18.9. The molecule has 1 saturated carbocycles. The first-order valence-electron chi connectivity index (χ1n) is 10.3. The van der Waals surface area contributed by atoms with Crippen LogP contribution in [0, 0.1) is 5.92 Å². The average Bonchev–Trinajstić information content (AvgIpc) is 3.22. The Hall–Kier alpha value is -2.67. The SMILES string of the molecule is COC(=O)c1ccc(CSc2nnc(-c3cccnc3)n2C2CCCCC2C)cc1. The Balaban J connectivity index is 1.60. The van der Waals surface area contributed by atoms with E-state index >= 15 is 0 Å². The standard InChI is InChI=1S/C23H26N4O2S/c1-16-6-3-4-8-20(16)27-21(19-7-5-13-24-14-19)25-26-23(27)30-15-17-9-11-18(12-10-17)22(28)29-2/h5,7,9-14,16,20H,3-4,6,8,15H2,1-2H3. The second-order valence-electron chi connectivity index (χ2n) is 7.72. The number of nitrogens with zero attached hydrogens (tertiary/aromatic N) is 4. The summed E-state index contributed by atoms with van der Waals surface area (Å²) in [5, 5.41) is 10.0. The monoisotopic (exact) mass is 422 g/mol. The van der Waals surface area contributed by atoms with Gasteiger partial charge in [0.15, 0.2) is 11.0 Å². The van der Waals surface area contributed by atoms with E-state index in [1.807, 2.05) is 30.5 Å². The van der Waals surface area contributed by atoms with Crippen LogP contribution in [0.1, 0.15) is 54.6 Å². The molecule has 3 aromatic rings. The highest BCUT2D eigenvalue weighted by molar-refractivity contribution is 7.98. The number of methoxy groups -OCH3 is 1. The molecule has 2 atom stereocenters. The van der Waals surface area contributed by atoms with Crippen molar-refractivity contribution >= 4 is 17.7 Å². The first-order chi connectivity index (χ1) is 14.7. The van der Waals surface area contributed by atoms with E-state index in [1.54, 1.807) is 30.1 Å². The van der Waals surface area contributed by atoms with E-state index in [0.717, 1.165) is 34.3 Å². The fourth-order valence-corrected chi connectivity index (χ4v) is 5.00. The molecule has 2 heterocycles. The van der Waals surface area contributed by atoms with Gasteiger partial charge in [-0.1, -0.05) is 43.7 Å². The predicted octanol–water partition coefficient (Wildman–Crippen LogP) is 5.17. The van der Waals surface area contributed by atoms with Crippen LogP contribution in [0.2, 0.25) is 0 Å². The first-order valence-corrected chi connectivity index (χ1v) is 11.3. The van der Waals surface area contributed by atoms with Crippen LogP contribution in [0.5, 0.6) is 0 Å². The molecule has 0 radical (unpaired) electrons. The van der Waals surface area contributed by atoms with Crippen molar-refractivity contribution in [2.45, 2.75) is 49.6 Å². The van der Waals surface area contributed by atoms with Crippen molar-refractivity contribution in [3.05, 3.63) is 59.9 Å². The number of rotatable bonds is 6. The van der Waals surface area contributed by atoms with Gasteiger partial charge in [0.2, 0.25) is 0 Å². The van der Waals surface area contributed by atoms with E-state index in [-0.39, 0.29) is 5.97 Å². The molecule has 4 rings (SSSR count). The van der Waals surface area contributed by atoms with Crippen molar-refractivity contribution in [3.8, 4) is 11.4 Å². The Kier molecular flexibility index (Phi) is 6.47. The van der Waals surface area contributed by atoms with Gasteiger partial charge in [0.05, 0.1) is 12.7 Å². The van der Waals surface area contributed by atoms with Crippen LogP contribution in [-0.2, 0) is 10.5 Å². The van der Waals surface area contributed by atoms with Gasteiger partial charge >= 0.3 is 5.97 Å². The summed E-state index contributed by atoms with van der Waals surface area (Å²) >= 11 is 1.68. The van der Waals surface area contributed by atoms with Crippen molar-refractivity contribution in [1.29, 1.82) is 0 Å². The van der Waals surface area contributed by atoms with Gasteiger partial charge in [-0.15, -0.1) is 10.2 Å².